The van der Waals surface area contributed by atoms with Crippen LogP contribution in [-0.4, -0.2) is 4.98 Å². The molecule has 1 aromatic carbocycles. The average Bonchev–Trinajstić information content (AvgIpc) is 2.90. The Bertz CT molecular complexity index is 835. The molecule has 0 spiro atoms. The van der Waals surface area contributed by atoms with Crippen molar-refractivity contribution in [3.05, 3.63) is 58.9 Å². The summed E-state index contributed by atoms with van der Waals surface area (Å²) in [5, 5.41) is 13.7. The quantitative estimate of drug-likeness (QED) is 0.771. The Labute approximate surface area is 127 Å². The van der Waals surface area contributed by atoms with Crippen molar-refractivity contribution in [2.24, 2.45) is 0 Å². The zero-order valence-corrected chi connectivity index (χ0v) is 12.1. The maximum atomic E-state index is 8.86. The lowest BCUT2D eigenvalue weighted by Crippen LogP contribution is -2.07. The normalized spacial score (nSPS) is 12.0. The number of aromatic nitrogens is 1. The molecule has 4 nitrogen and oxygen atoms in total. The van der Waals surface area contributed by atoms with Crippen molar-refractivity contribution in [2.75, 3.05) is 5.32 Å². The Morgan fingerprint density at radius 2 is 2.14 bits per heavy atom. The summed E-state index contributed by atoms with van der Waals surface area (Å²) in [6.07, 6.45) is 0. The maximum Gasteiger partial charge on any atom is 0.142 e. The second-order valence-electron chi connectivity index (χ2n) is 4.72. The molecule has 0 aliphatic carbocycles. The first-order valence-corrected chi connectivity index (χ1v) is 6.86. The number of hydrogen-bond donors (Lipinski definition) is 1. The fraction of sp³-hybridized carbons (Fsp3) is 0.125. The molecule has 2 heterocycles. The monoisotopic (exact) mass is 297 g/mol. The summed E-state index contributed by atoms with van der Waals surface area (Å²) in [6.45, 7) is 1.97. The van der Waals surface area contributed by atoms with Crippen molar-refractivity contribution in [3.8, 4) is 6.07 Å². The van der Waals surface area contributed by atoms with Gasteiger partial charge in [-0.2, -0.15) is 5.26 Å². The molecule has 0 aliphatic rings. The summed E-state index contributed by atoms with van der Waals surface area (Å²) in [7, 11) is 0. The van der Waals surface area contributed by atoms with E-state index in [0.717, 1.165) is 16.7 Å². The van der Waals surface area contributed by atoms with Gasteiger partial charge in [0.25, 0.3) is 0 Å². The number of nitrogens with zero attached hydrogens (tertiary/aromatic N) is 2. The molecule has 5 heteroatoms. The van der Waals surface area contributed by atoms with Gasteiger partial charge in [-0.3, -0.25) is 0 Å². The molecular formula is C16H12ClN3O. The van der Waals surface area contributed by atoms with Crippen LogP contribution in [0.5, 0.6) is 0 Å². The average molecular weight is 298 g/mol. The zero-order chi connectivity index (χ0) is 14.8. The van der Waals surface area contributed by atoms with Crippen LogP contribution in [-0.2, 0) is 0 Å². The SMILES string of the molecule is CC(Nc1cccc(C#N)n1)c1cc2cc(Cl)ccc2o1. The van der Waals surface area contributed by atoms with Crippen molar-refractivity contribution >= 4 is 28.4 Å². The Morgan fingerprint density at radius 1 is 1.29 bits per heavy atom. The number of nitrogens with one attached hydrogen (secondary N) is 1. The van der Waals surface area contributed by atoms with Crippen LogP contribution in [0.15, 0.2) is 46.9 Å². The fourth-order valence-electron chi connectivity index (χ4n) is 2.12. The van der Waals surface area contributed by atoms with Crippen LogP contribution in [0, 0.1) is 11.3 Å². The standard InChI is InChI=1S/C16H12ClN3O/c1-10(19-16-4-2-3-13(9-18)20-16)15-8-11-7-12(17)5-6-14(11)21-15/h2-8,10H,1H3,(H,19,20). The smallest absolute Gasteiger partial charge is 0.142 e. The first-order chi connectivity index (χ1) is 10.2. The van der Waals surface area contributed by atoms with Crippen molar-refractivity contribution in [1.82, 2.24) is 4.98 Å². The number of nitriles is 1. The Morgan fingerprint density at radius 3 is 2.95 bits per heavy atom. The van der Waals surface area contributed by atoms with Gasteiger partial charge >= 0.3 is 0 Å². The molecule has 1 unspecified atom stereocenters. The van der Waals surface area contributed by atoms with E-state index in [1.165, 1.54) is 0 Å². The third-order valence-electron chi connectivity index (χ3n) is 3.15. The third-order valence-corrected chi connectivity index (χ3v) is 3.39. The van der Waals surface area contributed by atoms with Crippen LogP contribution >= 0.6 is 11.6 Å². The van der Waals surface area contributed by atoms with Gasteiger partial charge < -0.3 is 9.73 Å². The van der Waals surface area contributed by atoms with E-state index in [2.05, 4.69) is 10.3 Å². The molecule has 0 amide bonds. The van der Waals surface area contributed by atoms with Gasteiger partial charge in [-0.1, -0.05) is 17.7 Å². The lowest BCUT2D eigenvalue weighted by molar-refractivity contribution is 0.525. The molecule has 2 aromatic heterocycles. The molecule has 0 saturated heterocycles. The number of furan rings is 1. The highest BCUT2D eigenvalue weighted by atomic mass is 35.5. The first-order valence-electron chi connectivity index (χ1n) is 6.48. The summed E-state index contributed by atoms with van der Waals surface area (Å²) in [6, 6.07) is 14.7. The van der Waals surface area contributed by atoms with E-state index in [9.17, 15) is 0 Å². The van der Waals surface area contributed by atoms with Gasteiger partial charge in [-0.05, 0) is 43.3 Å². The molecular weight excluding hydrogens is 286 g/mol. The lowest BCUT2D eigenvalue weighted by Gasteiger charge is -2.11. The number of pyridine rings is 1. The highest BCUT2D eigenvalue weighted by Crippen LogP contribution is 2.27. The molecule has 0 radical (unpaired) electrons. The summed E-state index contributed by atoms with van der Waals surface area (Å²) in [4.78, 5) is 4.19. The topological polar surface area (TPSA) is 61.9 Å². The predicted octanol–water partition coefficient (Wildman–Crippen LogP) is 4.53. The second kappa shape index (κ2) is 5.47. The fourth-order valence-corrected chi connectivity index (χ4v) is 2.30. The zero-order valence-electron chi connectivity index (χ0n) is 11.3. The third kappa shape index (κ3) is 2.83. The Kier molecular flexibility index (Phi) is 3.51. The lowest BCUT2D eigenvalue weighted by atomic mass is 10.2. The van der Waals surface area contributed by atoms with Gasteiger partial charge in [0.1, 0.15) is 28.9 Å². The highest BCUT2D eigenvalue weighted by Gasteiger charge is 2.12. The van der Waals surface area contributed by atoms with Gasteiger partial charge in [-0.15, -0.1) is 0 Å². The van der Waals surface area contributed by atoms with Crippen molar-refractivity contribution in [2.45, 2.75) is 13.0 Å². The van der Waals surface area contributed by atoms with Crippen LogP contribution in [0.1, 0.15) is 24.4 Å². The minimum Gasteiger partial charge on any atom is -0.459 e. The van der Waals surface area contributed by atoms with E-state index >= 15 is 0 Å². The van der Waals surface area contributed by atoms with Crippen molar-refractivity contribution in [1.29, 1.82) is 5.26 Å². The summed E-state index contributed by atoms with van der Waals surface area (Å²) in [5.41, 5.74) is 1.17. The number of anilines is 1. The summed E-state index contributed by atoms with van der Waals surface area (Å²) >= 11 is 5.97. The van der Waals surface area contributed by atoms with Gasteiger partial charge in [0.2, 0.25) is 0 Å². The number of fused-ring (bicyclic) bond motifs is 1. The molecule has 0 saturated carbocycles. The molecule has 1 atom stereocenters. The maximum absolute atomic E-state index is 8.86. The van der Waals surface area contributed by atoms with Crippen LogP contribution in [0.3, 0.4) is 0 Å². The number of benzene rings is 1. The summed E-state index contributed by atoms with van der Waals surface area (Å²) in [5.74, 6) is 1.43. The predicted molar refractivity (Wildman–Crippen MR) is 82.2 cm³/mol. The van der Waals surface area contributed by atoms with Gasteiger partial charge in [0.15, 0.2) is 0 Å². The first kappa shape index (κ1) is 13.5. The molecule has 0 bridgehead atoms. The van der Waals surface area contributed by atoms with Crippen molar-refractivity contribution < 1.29 is 4.42 Å². The Balaban J connectivity index is 1.86. The van der Waals surface area contributed by atoms with Gasteiger partial charge in [0, 0.05) is 10.4 Å². The molecule has 21 heavy (non-hydrogen) atoms. The van der Waals surface area contributed by atoms with E-state index in [4.69, 9.17) is 21.3 Å². The Hall–Kier alpha value is -2.51. The van der Waals surface area contributed by atoms with Crippen LogP contribution < -0.4 is 5.32 Å². The number of hydrogen-bond acceptors (Lipinski definition) is 4. The van der Waals surface area contributed by atoms with Crippen molar-refractivity contribution in [3.63, 3.8) is 0 Å². The van der Waals surface area contributed by atoms with Crippen LogP contribution in [0.2, 0.25) is 5.02 Å². The molecule has 0 fully saturated rings. The number of rotatable bonds is 3. The minimum absolute atomic E-state index is 0.0716. The minimum atomic E-state index is -0.0716. The van der Waals surface area contributed by atoms with E-state index in [1.807, 2.05) is 37.3 Å². The molecule has 3 aromatic rings. The van der Waals surface area contributed by atoms with E-state index in [1.54, 1.807) is 18.2 Å². The van der Waals surface area contributed by atoms with Crippen LogP contribution in [0.25, 0.3) is 11.0 Å². The van der Waals surface area contributed by atoms with E-state index in [-0.39, 0.29) is 6.04 Å². The second-order valence-corrected chi connectivity index (χ2v) is 5.15. The largest absolute Gasteiger partial charge is 0.459 e. The summed E-state index contributed by atoms with van der Waals surface area (Å²) < 4.78 is 5.80. The van der Waals surface area contributed by atoms with E-state index < -0.39 is 0 Å². The molecule has 0 aliphatic heterocycles. The van der Waals surface area contributed by atoms with Gasteiger partial charge in [0.05, 0.1) is 6.04 Å². The van der Waals surface area contributed by atoms with Gasteiger partial charge in [-0.25, -0.2) is 4.98 Å². The highest BCUT2D eigenvalue weighted by molar-refractivity contribution is 6.31. The van der Waals surface area contributed by atoms with Crippen LogP contribution in [0.4, 0.5) is 5.82 Å². The van der Waals surface area contributed by atoms with E-state index in [0.29, 0.717) is 16.5 Å². The molecule has 3 rings (SSSR count). The molecule has 1 N–H and O–H groups in total. The number of halogens is 1. The molecule has 104 valence electrons.